The molecular formula is C31H38ClN5O3. The van der Waals surface area contributed by atoms with E-state index >= 15 is 0 Å². The third-order valence-electron chi connectivity index (χ3n) is 6.77. The van der Waals surface area contributed by atoms with E-state index in [1.165, 1.54) is 22.9 Å². The lowest BCUT2D eigenvalue weighted by Crippen LogP contribution is -2.51. The maximum Gasteiger partial charge on any atom is 0.153 e. The Morgan fingerprint density at radius 2 is 1.93 bits per heavy atom. The summed E-state index contributed by atoms with van der Waals surface area (Å²) in [5.74, 6) is 0.193. The number of hydrazine groups is 1. The second-order valence-corrected chi connectivity index (χ2v) is 10.2. The Hall–Kier alpha value is -3.56. The third-order valence-corrected chi connectivity index (χ3v) is 7.09. The lowest BCUT2D eigenvalue weighted by Gasteiger charge is -2.36. The van der Waals surface area contributed by atoms with Crippen LogP contribution in [0.1, 0.15) is 60.7 Å². The molecule has 2 unspecified atom stereocenters. The number of halogens is 1. The quantitative estimate of drug-likeness (QED) is 0.116. The van der Waals surface area contributed by atoms with Crippen LogP contribution < -0.4 is 21.5 Å². The summed E-state index contributed by atoms with van der Waals surface area (Å²) in [6.45, 7) is 5.64. The van der Waals surface area contributed by atoms with Gasteiger partial charge < -0.3 is 21.0 Å². The van der Waals surface area contributed by atoms with E-state index in [2.05, 4.69) is 65.1 Å². The van der Waals surface area contributed by atoms with Crippen LogP contribution in [0.15, 0.2) is 66.4 Å². The normalized spacial score (nSPS) is 13.9. The first-order valence-electron chi connectivity index (χ1n) is 13.3. The number of nitrogens with one attached hydrogen (secondary N) is 2. The number of aliphatic hydroxyl groups excluding tert-OH is 1. The number of aryl methyl sites for hydroxylation is 2. The summed E-state index contributed by atoms with van der Waals surface area (Å²) < 4.78 is 0. The summed E-state index contributed by atoms with van der Waals surface area (Å²) in [6.07, 6.45) is 4.46. The topological polar surface area (TPSA) is 121 Å². The average molecular weight is 564 g/mol. The van der Waals surface area contributed by atoms with E-state index in [1.54, 1.807) is 19.1 Å². The van der Waals surface area contributed by atoms with Crippen molar-refractivity contribution in [3.8, 4) is 0 Å². The first kappa shape index (κ1) is 31.0. The van der Waals surface area contributed by atoms with E-state index in [0.717, 1.165) is 41.9 Å². The summed E-state index contributed by atoms with van der Waals surface area (Å²) >= 11 is 5.48. The second kappa shape index (κ2) is 14.7. The molecular weight excluding hydrogens is 526 g/mol. The smallest absolute Gasteiger partial charge is 0.153 e. The number of carbonyl (C=O) groups is 2. The fourth-order valence-electron chi connectivity index (χ4n) is 4.32. The van der Waals surface area contributed by atoms with Gasteiger partial charge in [-0.15, -0.1) is 0 Å². The number of aldehydes is 1. The molecule has 0 saturated carbocycles. The molecule has 1 aliphatic carbocycles. The number of fused-ring (bicyclic) bond motifs is 1. The summed E-state index contributed by atoms with van der Waals surface area (Å²) in [5, 5.41) is 15.5. The van der Waals surface area contributed by atoms with Crippen LogP contribution in [0.3, 0.4) is 0 Å². The molecule has 0 spiro atoms. The average Bonchev–Trinajstić information content (AvgIpc) is 2.95. The molecule has 0 aliphatic heterocycles. The Balaban J connectivity index is 0.000000415. The van der Waals surface area contributed by atoms with E-state index < -0.39 is 6.23 Å². The van der Waals surface area contributed by atoms with Crippen molar-refractivity contribution in [2.24, 2.45) is 5.73 Å². The van der Waals surface area contributed by atoms with Crippen molar-refractivity contribution in [1.82, 2.24) is 10.4 Å². The van der Waals surface area contributed by atoms with E-state index in [4.69, 9.17) is 17.3 Å². The van der Waals surface area contributed by atoms with E-state index in [0.29, 0.717) is 18.3 Å². The van der Waals surface area contributed by atoms with Gasteiger partial charge in [-0.2, -0.15) is 0 Å². The van der Waals surface area contributed by atoms with Crippen LogP contribution >= 0.6 is 11.6 Å². The number of aromatic nitrogens is 1. The molecule has 4 rings (SSSR count). The van der Waals surface area contributed by atoms with Gasteiger partial charge in [0.15, 0.2) is 6.29 Å². The highest BCUT2D eigenvalue weighted by atomic mass is 35.5. The molecule has 2 atom stereocenters. The first-order chi connectivity index (χ1) is 19.1. The molecule has 5 N–H and O–H groups in total. The minimum atomic E-state index is -0.995. The number of aliphatic hydroxyl groups is 1. The van der Waals surface area contributed by atoms with Gasteiger partial charge in [0.1, 0.15) is 17.2 Å². The van der Waals surface area contributed by atoms with Gasteiger partial charge in [-0.1, -0.05) is 29.8 Å². The number of carbonyl (C=O) groups excluding carboxylic acids is 2. The van der Waals surface area contributed by atoms with Crippen molar-refractivity contribution in [3.63, 3.8) is 0 Å². The summed E-state index contributed by atoms with van der Waals surface area (Å²) in [4.78, 5) is 25.1. The number of hydrogen-bond acceptors (Lipinski definition) is 8. The molecule has 40 heavy (non-hydrogen) atoms. The van der Waals surface area contributed by atoms with Gasteiger partial charge in [-0.25, -0.2) is 10.4 Å². The van der Waals surface area contributed by atoms with Crippen molar-refractivity contribution < 1.29 is 14.7 Å². The largest absolute Gasteiger partial charge is 0.388 e. The Bertz CT molecular complexity index is 1340. The van der Waals surface area contributed by atoms with Gasteiger partial charge >= 0.3 is 0 Å². The van der Waals surface area contributed by atoms with Crippen molar-refractivity contribution in [1.29, 1.82) is 0 Å². The van der Waals surface area contributed by atoms with Gasteiger partial charge in [-0.05, 0) is 93.1 Å². The molecule has 0 fully saturated rings. The number of Topliss-reactive ketones (excluding diaryl/α,β-unsaturated/α-hetero) is 1. The van der Waals surface area contributed by atoms with Gasteiger partial charge in [0.05, 0.1) is 23.0 Å². The highest BCUT2D eigenvalue weighted by molar-refractivity contribution is 6.31. The molecule has 1 aromatic heterocycles. The number of hydrogen-bond donors (Lipinski definition) is 4. The molecule has 0 radical (unpaired) electrons. The van der Waals surface area contributed by atoms with Crippen LogP contribution in [-0.4, -0.2) is 41.5 Å². The number of rotatable bonds is 10. The summed E-state index contributed by atoms with van der Waals surface area (Å²) in [7, 11) is 1.92. The predicted molar refractivity (Wildman–Crippen MR) is 162 cm³/mol. The maximum atomic E-state index is 11.3. The molecule has 212 valence electrons. The third kappa shape index (κ3) is 8.22. The summed E-state index contributed by atoms with van der Waals surface area (Å²) in [5.41, 5.74) is 17.6. The van der Waals surface area contributed by atoms with Crippen LogP contribution in [0.5, 0.6) is 0 Å². The fraction of sp³-hybridized carbons (Fsp3) is 0.323. The lowest BCUT2D eigenvalue weighted by atomic mass is 9.89. The minimum Gasteiger partial charge on any atom is -0.388 e. The Morgan fingerprint density at radius 1 is 1.20 bits per heavy atom. The predicted octanol–water partition coefficient (Wildman–Crippen LogP) is 5.15. The molecule has 8 nitrogen and oxygen atoms in total. The van der Waals surface area contributed by atoms with Crippen LogP contribution in [0.4, 0.5) is 11.4 Å². The number of benzene rings is 2. The lowest BCUT2D eigenvalue weighted by molar-refractivity contribution is -0.116. The Kier molecular flexibility index (Phi) is 11.4. The van der Waals surface area contributed by atoms with Crippen LogP contribution in [-0.2, 0) is 17.6 Å². The second-order valence-electron chi connectivity index (χ2n) is 9.86. The van der Waals surface area contributed by atoms with Gasteiger partial charge in [0.2, 0.25) is 0 Å². The van der Waals surface area contributed by atoms with Gasteiger partial charge in [-0.3, -0.25) is 9.80 Å². The van der Waals surface area contributed by atoms with Crippen LogP contribution in [0.2, 0.25) is 5.15 Å². The zero-order valence-corrected chi connectivity index (χ0v) is 24.2. The highest BCUT2D eigenvalue weighted by Crippen LogP contribution is 2.37. The molecule has 3 aromatic rings. The number of nitrogens with two attached hydrogens (primary N) is 1. The SMILES string of the molecule is CNc1ccc2c(c1)C(N(NC(C)C(N)O)c1ccc(CCC(C)=O)cc1)=C(C)CC2.O=Cc1cccnc1Cl. The zero-order chi connectivity index (χ0) is 29.2. The summed E-state index contributed by atoms with van der Waals surface area (Å²) in [6, 6.07) is 17.6. The van der Waals surface area contributed by atoms with Crippen molar-refractivity contribution in [2.45, 2.75) is 58.7 Å². The van der Waals surface area contributed by atoms with E-state index in [1.807, 2.05) is 19.0 Å². The molecule has 0 saturated heterocycles. The van der Waals surface area contributed by atoms with Crippen molar-refractivity contribution >= 4 is 40.7 Å². The molecule has 2 aromatic carbocycles. The molecule has 0 amide bonds. The Labute approximate surface area is 241 Å². The van der Waals surface area contributed by atoms with Gasteiger partial charge in [0, 0.05) is 30.9 Å². The van der Waals surface area contributed by atoms with E-state index in [9.17, 15) is 14.7 Å². The maximum absolute atomic E-state index is 11.3. The van der Waals surface area contributed by atoms with Gasteiger partial charge in [0.25, 0.3) is 0 Å². The number of allylic oxidation sites excluding steroid dienone is 1. The number of nitrogens with zero attached hydrogens (tertiary/aromatic N) is 2. The standard InChI is InChI=1S/C25H34N4O2.C6H4ClNO/c1-16-5-10-20-11-12-21(27-4)15-23(20)24(16)29(28-18(3)25(26)31)22-13-8-19(9-14-22)7-6-17(2)30;7-6-5(4-9)2-1-3-8-6/h8-9,11-15,18,25,27-28,31H,5-7,10,26H2,1-4H3;1-4H. The van der Waals surface area contributed by atoms with Crippen LogP contribution in [0, 0.1) is 0 Å². The first-order valence-corrected chi connectivity index (χ1v) is 13.7. The molecule has 9 heteroatoms. The molecule has 0 bridgehead atoms. The van der Waals surface area contributed by atoms with E-state index in [-0.39, 0.29) is 17.0 Å². The molecule has 1 heterocycles. The van der Waals surface area contributed by atoms with Crippen molar-refractivity contribution in [3.05, 3.63) is 93.8 Å². The number of anilines is 2. The number of ketones is 1. The highest BCUT2D eigenvalue weighted by Gasteiger charge is 2.25. The fourth-order valence-corrected chi connectivity index (χ4v) is 4.48. The van der Waals surface area contributed by atoms with Crippen LogP contribution in [0.25, 0.3) is 5.70 Å². The van der Waals surface area contributed by atoms with Crippen molar-refractivity contribution in [2.75, 3.05) is 17.4 Å². The minimum absolute atomic E-state index is 0.193. The number of pyridine rings is 1. The monoisotopic (exact) mass is 563 g/mol. The molecule has 1 aliphatic rings. The zero-order valence-electron chi connectivity index (χ0n) is 23.4. The Morgan fingerprint density at radius 3 is 2.50 bits per heavy atom.